The maximum absolute atomic E-state index is 12.4. The Morgan fingerprint density at radius 2 is 2.19 bits per heavy atom. The number of fused-ring (bicyclic) bond motifs is 2. The van der Waals surface area contributed by atoms with Gasteiger partial charge >= 0.3 is 12.0 Å². The van der Waals surface area contributed by atoms with Gasteiger partial charge in [-0.3, -0.25) is 4.79 Å². The predicted molar refractivity (Wildman–Crippen MR) is 75.0 cm³/mol. The molecule has 21 heavy (non-hydrogen) atoms. The molecule has 0 aromatic heterocycles. The summed E-state index contributed by atoms with van der Waals surface area (Å²) in [4.78, 5) is 27.5. The van der Waals surface area contributed by atoms with E-state index >= 15 is 0 Å². The molecule has 3 heterocycles. The minimum absolute atomic E-state index is 0.0169. The molecule has 0 aromatic carbocycles. The summed E-state index contributed by atoms with van der Waals surface area (Å²) >= 11 is 0. The van der Waals surface area contributed by atoms with E-state index in [1.54, 1.807) is 4.90 Å². The molecule has 3 aliphatic rings. The van der Waals surface area contributed by atoms with Crippen LogP contribution in [0.2, 0.25) is 0 Å². The molecule has 3 rings (SSSR count). The van der Waals surface area contributed by atoms with Crippen molar-refractivity contribution in [2.45, 2.75) is 37.5 Å². The Bertz CT molecular complexity index is 430. The van der Waals surface area contributed by atoms with Crippen molar-refractivity contribution in [2.24, 2.45) is 5.92 Å². The SMILES string of the molecule is CN1CCOC(CNC(=O)N2C3CCC2C(C(=O)O)C3)C1. The van der Waals surface area contributed by atoms with Gasteiger partial charge in [-0.25, -0.2) is 4.79 Å². The van der Waals surface area contributed by atoms with Crippen LogP contribution in [0.4, 0.5) is 4.79 Å². The van der Waals surface area contributed by atoms with Crippen molar-refractivity contribution in [1.82, 2.24) is 15.1 Å². The summed E-state index contributed by atoms with van der Waals surface area (Å²) in [5.41, 5.74) is 0. The summed E-state index contributed by atoms with van der Waals surface area (Å²) < 4.78 is 5.62. The van der Waals surface area contributed by atoms with Gasteiger partial charge < -0.3 is 25.0 Å². The normalized spacial score (nSPS) is 36.0. The minimum atomic E-state index is -0.780. The molecule has 0 saturated carbocycles. The van der Waals surface area contributed by atoms with E-state index in [9.17, 15) is 14.7 Å². The van der Waals surface area contributed by atoms with E-state index in [4.69, 9.17) is 4.74 Å². The van der Waals surface area contributed by atoms with Crippen molar-refractivity contribution in [3.63, 3.8) is 0 Å². The average Bonchev–Trinajstić information content (AvgIpc) is 3.02. The number of nitrogens with one attached hydrogen (secondary N) is 1. The first kappa shape index (κ1) is 14.6. The van der Waals surface area contributed by atoms with Crippen molar-refractivity contribution in [2.75, 3.05) is 33.3 Å². The first-order chi connectivity index (χ1) is 10.1. The van der Waals surface area contributed by atoms with Crippen LogP contribution < -0.4 is 5.32 Å². The Hall–Kier alpha value is -1.34. The third-order valence-electron chi connectivity index (χ3n) is 4.91. The average molecular weight is 297 g/mol. The van der Waals surface area contributed by atoms with E-state index in [2.05, 4.69) is 10.2 Å². The lowest BCUT2D eigenvalue weighted by atomic mass is 9.89. The maximum atomic E-state index is 12.4. The zero-order valence-electron chi connectivity index (χ0n) is 12.3. The molecule has 2 bridgehead atoms. The number of aliphatic carboxylic acids is 1. The Kier molecular flexibility index (Phi) is 4.03. The molecule has 7 heteroatoms. The number of urea groups is 1. The molecule has 3 fully saturated rings. The van der Waals surface area contributed by atoms with Crippen LogP contribution in [0.25, 0.3) is 0 Å². The van der Waals surface area contributed by atoms with Gasteiger partial charge in [0.25, 0.3) is 0 Å². The van der Waals surface area contributed by atoms with Crippen molar-refractivity contribution in [3.8, 4) is 0 Å². The van der Waals surface area contributed by atoms with E-state index < -0.39 is 11.9 Å². The topological polar surface area (TPSA) is 82.1 Å². The number of amides is 2. The lowest BCUT2D eigenvalue weighted by Gasteiger charge is -2.31. The van der Waals surface area contributed by atoms with Gasteiger partial charge in [-0.1, -0.05) is 0 Å². The highest BCUT2D eigenvalue weighted by atomic mass is 16.5. The second-order valence-electron chi connectivity index (χ2n) is 6.33. The number of carbonyl (C=O) groups is 2. The molecule has 7 nitrogen and oxygen atoms in total. The zero-order valence-corrected chi connectivity index (χ0v) is 12.3. The number of likely N-dealkylation sites (N-methyl/N-ethyl adjacent to an activating group) is 1. The monoisotopic (exact) mass is 297 g/mol. The second-order valence-corrected chi connectivity index (χ2v) is 6.33. The van der Waals surface area contributed by atoms with Crippen LogP contribution in [0.15, 0.2) is 0 Å². The largest absolute Gasteiger partial charge is 0.481 e. The number of carboxylic acids is 1. The molecule has 4 unspecified atom stereocenters. The Morgan fingerprint density at radius 3 is 2.86 bits per heavy atom. The highest BCUT2D eigenvalue weighted by molar-refractivity contribution is 5.79. The summed E-state index contributed by atoms with van der Waals surface area (Å²) in [6, 6.07) is -0.184. The number of morpholine rings is 1. The number of ether oxygens (including phenoxy) is 1. The van der Waals surface area contributed by atoms with Crippen LogP contribution in [-0.4, -0.2) is 78.4 Å². The summed E-state index contributed by atoms with van der Waals surface area (Å²) in [6.07, 6.45) is 2.33. The third-order valence-corrected chi connectivity index (χ3v) is 4.91. The molecular weight excluding hydrogens is 274 g/mol. The molecule has 0 aromatic rings. The third kappa shape index (κ3) is 2.85. The lowest BCUT2D eigenvalue weighted by molar-refractivity contribution is -0.142. The Balaban J connectivity index is 1.53. The van der Waals surface area contributed by atoms with Gasteiger partial charge in [-0.15, -0.1) is 0 Å². The molecule has 3 saturated heterocycles. The van der Waals surface area contributed by atoms with Crippen LogP contribution in [0.3, 0.4) is 0 Å². The maximum Gasteiger partial charge on any atom is 0.318 e. The summed E-state index contributed by atoms with van der Waals surface area (Å²) in [5, 5.41) is 12.1. The number of rotatable bonds is 3. The van der Waals surface area contributed by atoms with Crippen LogP contribution in [0, 0.1) is 5.92 Å². The van der Waals surface area contributed by atoms with Gasteiger partial charge in [0.05, 0.1) is 18.6 Å². The Morgan fingerprint density at radius 1 is 1.38 bits per heavy atom. The van der Waals surface area contributed by atoms with Gasteiger partial charge in [-0.2, -0.15) is 0 Å². The zero-order chi connectivity index (χ0) is 15.0. The quantitative estimate of drug-likeness (QED) is 0.764. The standard InChI is InChI=1S/C14H23N3O4/c1-16-4-5-21-10(8-16)7-15-14(20)17-9-2-3-12(17)11(6-9)13(18)19/h9-12H,2-8H2,1H3,(H,15,20)(H,18,19). The van der Waals surface area contributed by atoms with E-state index in [1.165, 1.54) is 0 Å². The first-order valence-corrected chi connectivity index (χ1v) is 7.65. The number of hydrogen-bond acceptors (Lipinski definition) is 4. The van der Waals surface area contributed by atoms with Crippen molar-refractivity contribution in [3.05, 3.63) is 0 Å². The highest BCUT2D eigenvalue weighted by Gasteiger charge is 2.51. The number of carbonyl (C=O) groups excluding carboxylic acids is 1. The van der Waals surface area contributed by atoms with E-state index in [1.807, 2.05) is 7.05 Å². The molecule has 118 valence electrons. The fraction of sp³-hybridized carbons (Fsp3) is 0.857. The van der Waals surface area contributed by atoms with Crippen molar-refractivity contribution >= 4 is 12.0 Å². The number of carboxylic acid groups (broad SMARTS) is 1. The minimum Gasteiger partial charge on any atom is -0.481 e. The number of nitrogens with zero attached hydrogens (tertiary/aromatic N) is 2. The number of hydrogen-bond donors (Lipinski definition) is 2. The van der Waals surface area contributed by atoms with Crippen LogP contribution in [0.1, 0.15) is 19.3 Å². The molecule has 0 spiro atoms. The van der Waals surface area contributed by atoms with Crippen LogP contribution >= 0.6 is 0 Å². The molecule has 4 atom stereocenters. The fourth-order valence-corrected chi connectivity index (χ4v) is 3.85. The fourth-order valence-electron chi connectivity index (χ4n) is 3.85. The smallest absolute Gasteiger partial charge is 0.318 e. The lowest BCUT2D eigenvalue weighted by Crippen LogP contribution is -2.50. The van der Waals surface area contributed by atoms with Gasteiger partial charge in [-0.05, 0) is 26.3 Å². The molecule has 0 aliphatic carbocycles. The van der Waals surface area contributed by atoms with Gasteiger partial charge in [0.2, 0.25) is 0 Å². The molecular formula is C14H23N3O4. The second kappa shape index (κ2) is 5.81. The van der Waals surface area contributed by atoms with Gasteiger partial charge in [0.1, 0.15) is 0 Å². The first-order valence-electron chi connectivity index (χ1n) is 7.65. The van der Waals surface area contributed by atoms with Crippen molar-refractivity contribution in [1.29, 1.82) is 0 Å². The predicted octanol–water partition coefficient (Wildman–Crippen LogP) is -0.0359. The summed E-state index contributed by atoms with van der Waals surface area (Å²) in [6.45, 7) is 2.90. The molecule has 3 aliphatic heterocycles. The van der Waals surface area contributed by atoms with E-state index in [0.29, 0.717) is 19.6 Å². The molecule has 2 N–H and O–H groups in total. The Labute approximate surface area is 124 Å². The summed E-state index contributed by atoms with van der Waals surface area (Å²) in [7, 11) is 2.04. The summed E-state index contributed by atoms with van der Waals surface area (Å²) in [5.74, 6) is -1.18. The van der Waals surface area contributed by atoms with Gasteiger partial charge in [0.15, 0.2) is 0 Å². The highest BCUT2D eigenvalue weighted by Crippen LogP contribution is 2.41. The molecule has 0 radical (unpaired) electrons. The van der Waals surface area contributed by atoms with E-state index in [-0.39, 0.29) is 24.2 Å². The van der Waals surface area contributed by atoms with Gasteiger partial charge in [0, 0.05) is 31.7 Å². The molecule has 2 amide bonds. The van der Waals surface area contributed by atoms with Crippen LogP contribution in [-0.2, 0) is 9.53 Å². The van der Waals surface area contributed by atoms with E-state index in [0.717, 1.165) is 25.9 Å². The van der Waals surface area contributed by atoms with Crippen molar-refractivity contribution < 1.29 is 19.4 Å². The van der Waals surface area contributed by atoms with Crippen LogP contribution in [0.5, 0.6) is 0 Å².